The van der Waals surface area contributed by atoms with E-state index in [-0.39, 0.29) is 0 Å². The number of carboxylic acid groups (broad SMARTS) is 1. The largest absolute Gasteiger partial charge is 0.465 e. The Kier molecular flexibility index (Phi) is 2.43. The molecule has 0 aliphatic heterocycles. The fraction of sp³-hybridized carbons (Fsp3) is 0.333. The number of rotatable bonds is 2. The van der Waals surface area contributed by atoms with Crippen molar-refractivity contribution in [3.05, 3.63) is 11.6 Å². The van der Waals surface area contributed by atoms with E-state index in [1.807, 2.05) is 0 Å². The van der Waals surface area contributed by atoms with Gasteiger partial charge in [-0.3, -0.25) is 4.90 Å². The van der Waals surface area contributed by atoms with Gasteiger partial charge in [-0.15, -0.1) is 11.3 Å². The molecule has 0 saturated carbocycles. The van der Waals surface area contributed by atoms with Gasteiger partial charge in [0, 0.05) is 18.1 Å². The molecule has 0 aliphatic carbocycles. The summed E-state index contributed by atoms with van der Waals surface area (Å²) < 4.78 is 0. The smallest absolute Gasteiger partial charge is 0.413 e. The van der Waals surface area contributed by atoms with E-state index in [9.17, 15) is 4.79 Å². The molecule has 1 rings (SSSR count). The third kappa shape index (κ3) is 1.68. The molecule has 0 saturated heterocycles. The summed E-state index contributed by atoms with van der Waals surface area (Å²) >= 11 is 1.32. The van der Waals surface area contributed by atoms with E-state index in [4.69, 9.17) is 5.11 Å². The van der Waals surface area contributed by atoms with E-state index < -0.39 is 6.09 Å². The summed E-state index contributed by atoms with van der Waals surface area (Å²) in [5.74, 6) is 0. The summed E-state index contributed by atoms with van der Waals surface area (Å²) in [6.07, 6.45) is 0.633. The number of aromatic nitrogens is 1. The van der Waals surface area contributed by atoms with Crippen molar-refractivity contribution in [3.8, 4) is 0 Å². The minimum Gasteiger partial charge on any atom is -0.465 e. The van der Waals surface area contributed by atoms with Gasteiger partial charge < -0.3 is 5.11 Å². The van der Waals surface area contributed by atoms with E-state index in [2.05, 4.69) is 4.98 Å². The third-order valence-corrected chi connectivity index (χ3v) is 1.99. The highest BCUT2D eigenvalue weighted by molar-refractivity contribution is 7.13. The van der Waals surface area contributed by atoms with Crippen molar-refractivity contribution in [2.45, 2.75) is 6.92 Å². The zero-order valence-electron chi connectivity index (χ0n) is 6.02. The van der Waals surface area contributed by atoms with Gasteiger partial charge in [-0.1, -0.05) is 0 Å². The molecule has 5 heteroatoms. The van der Waals surface area contributed by atoms with Crippen molar-refractivity contribution in [1.82, 2.24) is 4.98 Å². The zero-order chi connectivity index (χ0) is 8.27. The molecule has 0 spiro atoms. The molecule has 1 aromatic heterocycles. The molecule has 60 valence electrons. The van der Waals surface area contributed by atoms with Crippen molar-refractivity contribution in [2.75, 3.05) is 11.4 Å². The SMILES string of the molecule is CCN(C(=O)O)c1nccs1. The highest BCUT2D eigenvalue weighted by Gasteiger charge is 2.13. The van der Waals surface area contributed by atoms with Crippen molar-refractivity contribution >= 4 is 22.6 Å². The summed E-state index contributed by atoms with van der Waals surface area (Å²) in [6, 6.07) is 0. The molecule has 0 aliphatic rings. The monoisotopic (exact) mass is 172 g/mol. The van der Waals surface area contributed by atoms with E-state index in [0.717, 1.165) is 0 Å². The van der Waals surface area contributed by atoms with Crippen LogP contribution >= 0.6 is 11.3 Å². The fourth-order valence-corrected chi connectivity index (χ4v) is 1.40. The van der Waals surface area contributed by atoms with Gasteiger partial charge in [0.15, 0.2) is 5.13 Å². The van der Waals surface area contributed by atoms with Gasteiger partial charge in [0.1, 0.15) is 0 Å². The second kappa shape index (κ2) is 3.34. The molecular weight excluding hydrogens is 164 g/mol. The molecule has 0 unspecified atom stereocenters. The Hall–Kier alpha value is -1.10. The van der Waals surface area contributed by atoms with Gasteiger partial charge in [0.25, 0.3) is 0 Å². The van der Waals surface area contributed by atoms with Crippen LogP contribution in [0.4, 0.5) is 9.93 Å². The van der Waals surface area contributed by atoms with E-state index >= 15 is 0 Å². The van der Waals surface area contributed by atoms with E-state index in [1.54, 1.807) is 18.5 Å². The number of hydrogen-bond donors (Lipinski definition) is 1. The number of anilines is 1. The molecule has 0 aromatic carbocycles. The van der Waals surface area contributed by atoms with E-state index in [1.165, 1.54) is 16.2 Å². The summed E-state index contributed by atoms with van der Waals surface area (Å²) in [4.78, 5) is 15.6. The van der Waals surface area contributed by atoms with Gasteiger partial charge in [-0.05, 0) is 6.92 Å². The summed E-state index contributed by atoms with van der Waals surface area (Å²) in [7, 11) is 0. The summed E-state index contributed by atoms with van der Waals surface area (Å²) in [6.45, 7) is 2.21. The van der Waals surface area contributed by atoms with Crippen LogP contribution in [-0.4, -0.2) is 22.7 Å². The van der Waals surface area contributed by atoms with Crippen LogP contribution in [0.1, 0.15) is 6.92 Å². The summed E-state index contributed by atoms with van der Waals surface area (Å²) in [5, 5.41) is 10.9. The molecule has 11 heavy (non-hydrogen) atoms. The van der Waals surface area contributed by atoms with Crippen molar-refractivity contribution in [3.63, 3.8) is 0 Å². The first-order valence-electron chi connectivity index (χ1n) is 3.15. The number of hydrogen-bond acceptors (Lipinski definition) is 3. The van der Waals surface area contributed by atoms with Crippen LogP contribution in [0.2, 0.25) is 0 Å². The third-order valence-electron chi connectivity index (χ3n) is 1.20. The topological polar surface area (TPSA) is 53.4 Å². The quantitative estimate of drug-likeness (QED) is 0.737. The van der Waals surface area contributed by atoms with Crippen LogP contribution < -0.4 is 4.90 Å². The Morgan fingerprint density at radius 3 is 3.00 bits per heavy atom. The predicted octanol–water partition coefficient (Wildman–Crippen LogP) is 1.65. The van der Waals surface area contributed by atoms with Crippen molar-refractivity contribution in [2.24, 2.45) is 0 Å². The van der Waals surface area contributed by atoms with Gasteiger partial charge >= 0.3 is 6.09 Å². The molecule has 4 nitrogen and oxygen atoms in total. The molecule has 0 atom stereocenters. The van der Waals surface area contributed by atoms with Crippen LogP contribution in [0.25, 0.3) is 0 Å². The average molecular weight is 172 g/mol. The Balaban J connectivity index is 2.79. The molecule has 1 amide bonds. The minimum atomic E-state index is -0.956. The standard InChI is InChI=1S/C6H8N2O2S/c1-2-8(6(9)10)5-7-3-4-11-5/h3-4H,2H2,1H3,(H,9,10). The maximum absolute atomic E-state index is 10.5. The first kappa shape index (κ1) is 8.00. The maximum Gasteiger partial charge on any atom is 0.413 e. The fourth-order valence-electron chi connectivity index (χ4n) is 0.702. The maximum atomic E-state index is 10.5. The first-order chi connectivity index (χ1) is 5.25. The number of amides is 1. The predicted molar refractivity (Wildman–Crippen MR) is 43.2 cm³/mol. The molecule has 1 aromatic rings. The van der Waals surface area contributed by atoms with Crippen LogP contribution in [0.15, 0.2) is 11.6 Å². The second-order valence-corrected chi connectivity index (χ2v) is 2.71. The Bertz CT molecular complexity index is 235. The molecule has 1 heterocycles. The minimum absolute atomic E-state index is 0.433. The van der Waals surface area contributed by atoms with Crippen LogP contribution in [-0.2, 0) is 0 Å². The van der Waals surface area contributed by atoms with Crippen LogP contribution in [0, 0.1) is 0 Å². The van der Waals surface area contributed by atoms with Gasteiger partial charge in [0.05, 0.1) is 0 Å². The average Bonchev–Trinajstić information content (AvgIpc) is 2.40. The van der Waals surface area contributed by atoms with Crippen LogP contribution in [0.5, 0.6) is 0 Å². The molecule has 1 N–H and O–H groups in total. The number of carbonyl (C=O) groups is 1. The lowest BCUT2D eigenvalue weighted by atomic mass is 10.6. The zero-order valence-corrected chi connectivity index (χ0v) is 6.84. The number of nitrogens with zero attached hydrogens (tertiary/aromatic N) is 2. The van der Waals surface area contributed by atoms with Gasteiger partial charge in [-0.2, -0.15) is 0 Å². The van der Waals surface area contributed by atoms with Gasteiger partial charge in [-0.25, -0.2) is 9.78 Å². The highest BCUT2D eigenvalue weighted by Crippen LogP contribution is 2.16. The lowest BCUT2D eigenvalue weighted by molar-refractivity contribution is 0.202. The molecule has 0 bridgehead atoms. The van der Waals surface area contributed by atoms with Gasteiger partial charge in [0.2, 0.25) is 0 Å². The Morgan fingerprint density at radius 2 is 2.64 bits per heavy atom. The first-order valence-corrected chi connectivity index (χ1v) is 4.03. The molecular formula is C6H8N2O2S. The van der Waals surface area contributed by atoms with Crippen molar-refractivity contribution < 1.29 is 9.90 Å². The van der Waals surface area contributed by atoms with Crippen LogP contribution in [0.3, 0.4) is 0 Å². The second-order valence-electron chi connectivity index (χ2n) is 1.84. The Labute approximate surface area is 68.1 Å². The molecule has 0 fully saturated rings. The normalized spacial score (nSPS) is 9.55. The summed E-state index contributed by atoms with van der Waals surface area (Å²) in [5.41, 5.74) is 0. The number of thiazole rings is 1. The molecule has 0 radical (unpaired) electrons. The Morgan fingerprint density at radius 1 is 1.91 bits per heavy atom. The highest BCUT2D eigenvalue weighted by atomic mass is 32.1. The van der Waals surface area contributed by atoms with Crippen molar-refractivity contribution in [1.29, 1.82) is 0 Å². The van der Waals surface area contributed by atoms with E-state index in [0.29, 0.717) is 11.7 Å². The lowest BCUT2D eigenvalue weighted by Gasteiger charge is -2.11. The lowest BCUT2D eigenvalue weighted by Crippen LogP contribution is -2.28.